The van der Waals surface area contributed by atoms with Crippen molar-refractivity contribution in [1.82, 2.24) is 15.3 Å². The third-order valence-electron chi connectivity index (χ3n) is 2.44. The molecule has 0 spiro atoms. The Bertz CT molecular complexity index is 481. The summed E-state index contributed by atoms with van der Waals surface area (Å²) in [6, 6.07) is 3.70. The molecule has 0 bridgehead atoms. The highest BCUT2D eigenvalue weighted by atomic mass is 32.1. The number of aromatic nitrogens is 2. The fourth-order valence-electron chi connectivity index (χ4n) is 1.48. The fraction of sp³-hybridized carbons (Fsp3) is 0.333. The van der Waals surface area contributed by atoms with E-state index in [2.05, 4.69) is 22.2 Å². The maximum absolute atomic E-state index is 5.81. The molecule has 0 aliphatic rings. The zero-order chi connectivity index (χ0) is 12.1. The molecule has 0 atom stereocenters. The molecule has 2 heterocycles. The van der Waals surface area contributed by atoms with Crippen molar-refractivity contribution < 1.29 is 0 Å². The van der Waals surface area contributed by atoms with Crippen LogP contribution in [0.4, 0.5) is 5.69 Å². The van der Waals surface area contributed by atoms with Crippen molar-refractivity contribution in [3.63, 3.8) is 0 Å². The van der Waals surface area contributed by atoms with E-state index < -0.39 is 0 Å². The molecule has 4 nitrogen and oxygen atoms in total. The molecular formula is C12H16N4S. The lowest BCUT2D eigenvalue weighted by molar-refractivity contribution is 0.678. The molecule has 0 fully saturated rings. The van der Waals surface area contributed by atoms with Crippen LogP contribution in [0, 0.1) is 0 Å². The van der Waals surface area contributed by atoms with Gasteiger partial charge in [-0.1, -0.05) is 6.92 Å². The quantitative estimate of drug-likeness (QED) is 0.849. The van der Waals surface area contributed by atoms with Gasteiger partial charge in [0.1, 0.15) is 5.01 Å². The zero-order valence-corrected chi connectivity index (χ0v) is 10.6. The van der Waals surface area contributed by atoms with E-state index in [1.165, 1.54) is 4.88 Å². The molecule has 2 rings (SSSR count). The van der Waals surface area contributed by atoms with Crippen LogP contribution < -0.4 is 11.1 Å². The van der Waals surface area contributed by atoms with Crippen molar-refractivity contribution in [2.45, 2.75) is 26.4 Å². The van der Waals surface area contributed by atoms with Crippen LogP contribution in [0.3, 0.4) is 0 Å². The minimum Gasteiger partial charge on any atom is -0.397 e. The molecule has 0 amide bonds. The van der Waals surface area contributed by atoms with Gasteiger partial charge in [-0.25, -0.2) is 4.98 Å². The third-order valence-corrected chi connectivity index (χ3v) is 3.59. The molecule has 3 N–H and O–H groups in total. The number of pyridine rings is 1. The number of rotatable bonds is 5. The Morgan fingerprint density at radius 2 is 2.24 bits per heavy atom. The van der Waals surface area contributed by atoms with Gasteiger partial charge in [-0.3, -0.25) is 4.98 Å². The molecule has 0 aromatic carbocycles. The second-order valence-corrected chi connectivity index (χ2v) is 4.92. The van der Waals surface area contributed by atoms with Crippen molar-refractivity contribution in [3.05, 3.63) is 40.1 Å². The summed E-state index contributed by atoms with van der Waals surface area (Å²) in [6.45, 7) is 3.58. The second kappa shape index (κ2) is 5.75. The van der Waals surface area contributed by atoms with Gasteiger partial charge in [-0.05, 0) is 18.6 Å². The number of nitrogens with zero attached hydrogens (tertiary/aromatic N) is 2. The molecule has 0 saturated heterocycles. The first-order valence-electron chi connectivity index (χ1n) is 5.63. The molecule has 2 aromatic heterocycles. The van der Waals surface area contributed by atoms with Gasteiger partial charge in [0.2, 0.25) is 0 Å². The number of aryl methyl sites for hydroxylation is 1. The Labute approximate surface area is 105 Å². The van der Waals surface area contributed by atoms with E-state index in [0.717, 1.165) is 29.4 Å². The number of hydrogen-bond donors (Lipinski definition) is 2. The number of nitrogens with one attached hydrogen (secondary N) is 1. The van der Waals surface area contributed by atoms with E-state index in [-0.39, 0.29) is 0 Å². The summed E-state index contributed by atoms with van der Waals surface area (Å²) in [4.78, 5) is 9.89. The van der Waals surface area contributed by atoms with Crippen molar-refractivity contribution in [2.24, 2.45) is 0 Å². The minimum absolute atomic E-state index is 0.674. The summed E-state index contributed by atoms with van der Waals surface area (Å²) < 4.78 is 0. The maximum atomic E-state index is 5.81. The van der Waals surface area contributed by atoms with E-state index in [1.807, 2.05) is 18.3 Å². The highest BCUT2D eigenvalue weighted by Crippen LogP contribution is 2.13. The SMILES string of the molecule is CCc1cnc(CNCc2ncccc2N)s1. The predicted octanol–water partition coefficient (Wildman–Crippen LogP) is 1.97. The number of nitrogen functional groups attached to an aromatic ring is 1. The molecule has 2 aromatic rings. The standard InChI is InChI=1S/C12H16N4S/c1-2-9-6-16-12(17-9)8-14-7-11-10(13)4-3-5-15-11/h3-6,14H,2,7-8,13H2,1H3. The summed E-state index contributed by atoms with van der Waals surface area (Å²) in [5, 5.41) is 4.41. The van der Waals surface area contributed by atoms with E-state index in [1.54, 1.807) is 17.5 Å². The van der Waals surface area contributed by atoms with E-state index in [9.17, 15) is 0 Å². The van der Waals surface area contributed by atoms with Gasteiger partial charge in [-0.2, -0.15) is 0 Å². The average molecular weight is 248 g/mol. The second-order valence-electron chi connectivity index (χ2n) is 3.72. The lowest BCUT2D eigenvalue weighted by Gasteiger charge is -2.04. The number of hydrogen-bond acceptors (Lipinski definition) is 5. The van der Waals surface area contributed by atoms with Crippen molar-refractivity contribution in [2.75, 3.05) is 5.73 Å². The Morgan fingerprint density at radius 3 is 2.94 bits per heavy atom. The first kappa shape index (κ1) is 12.0. The average Bonchev–Trinajstić information content (AvgIpc) is 2.80. The molecule has 5 heteroatoms. The van der Waals surface area contributed by atoms with E-state index in [4.69, 9.17) is 5.73 Å². The first-order chi connectivity index (χ1) is 8.29. The van der Waals surface area contributed by atoms with Crippen molar-refractivity contribution >= 4 is 17.0 Å². The van der Waals surface area contributed by atoms with Gasteiger partial charge in [0.25, 0.3) is 0 Å². The Balaban J connectivity index is 1.85. The van der Waals surface area contributed by atoms with Crippen LogP contribution >= 0.6 is 11.3 Å². The van der Waals surface area contributed by atoms with E-state index >= 15 is 0 Å². The number of anilines is 1. The first-order valence-corrected chi connectivity index (χ1v) is 6.45. The van der Waals surface area contributed by atoms with E-state index in [0.29, 0.717) is 6.54 Å². The highest BCUT2D eigenvalue weighted by molar-refractivity contribution is 7.11. The summed E-state index contributed by atoms with van der Waals surface area (Å²) >= 11 is 1.75. The van der Waals surface area contributed by atoms with Gasteiger partial charge >= 0.3 is 0 Å². The van der Waals surface area contributed by atoms with Gasteiger partial charge in [0, 0.05) is 30.4 Å². The van der Waals surface area contributed by atoms with Crippen molar-refractivity contribution in [1.29, 1.82) is 0 Å². The molecule has 90 valence electrons. The van der Waals surface area contributed by atoms with Crippen molar-refractivity contribution in [3.8, 4) is 0 Å². The summed E-state index contributed by atoms with van der Waals surface area (Å²) in [5.41, 5.74) is 7.43. The molecule has 0 aliphatic heterocycles. The lowest BCUT2D eigenvalue weighted by atomic mass is 10.3. The topological polar surface area (TPSA) is 63.8 Å². The van der Waals surface area contributed by atoms with Crippen LogP contribution in [0.2, 0.25) is 0 Å². The molecule has 0 aliphatic carbocycles. The van der Waals surface area contributed by atoms with Crippen LogP contribution in [0.1, 0.15) is 22.5 Å². The van der Waals surface area contributed by atoms with Crippen LogP contribution in [-0.2, 0) is 19.5 Å². The van der Waals surface area contributed by atoms with Gasteiger partial charge in [-0.15, -0.1) is 11.3 Å². The monoisotopic (exact) mass is 248 g/mol. The third kappa shape index (κ3) is 3.25. The Morgan fingerprint density at radius 1 is 1.35 bits per heavy atom. The summed E-state index contributed by atoms with van der Waals surface area (Å²) in [6.07, 6.45) is 4.74. The van der Waals surface area contributed by atoms with Gasteiger partial charge in [0.15, 0.2) is 0 Å². The van der Waals surface area contributed by atoms with Gasteiger partial charge in [0.05, 0.1) is 11.4 Å². The highest BCUT2D eigenvalue weighted by Gasteiger charge is 2.02. The Kier molecular flexibility index (Phi) is 4.06. The maximum Gasteiger partial charge on any atom is 0.107 e. The van der Waals surface area contributed by atoms with Crippen LogP contribution in [0.25, 0.3) is 0 Å². The number of thiazole rings is 1. The lowest BCUT2D eigenvalue weighted by Crippen LogP contribution is -2.14. The normalized spacial score (nSPS) is 10.6. The van der Waals surface area contributed by atoms with Crippen LogP contribution in [0.15, 0.2) is 24.5 Å². The Hall–Kier alpha value is -1.46. The molecule has 0 radical (unpaired) electrons. The largest absolute Gasteiger partial charge is 0.397 e. The predicted molar refractivity (Wildman–Crippen MR) is 70.7 cm³/mol. The smallest absolute Gasteiger partial charge is 0.107 e. The van der Waals surface area contributed by atoms with Crippen LogP contribution in [-0.4, -0.2) is 9.97 Å². The molecule has 0 unspecified atom stereocenters. The summed E-state index contributed by atoms with van der Waals surface area (Å²) in [5.74, 6) is 0. The van der Waals surface area contributed by atoms with Gasteiger partial charge < -0.3 is 11.1 Å². The fourth-order valence-corrected chi connectivity index (χ4v) is 2.31. The zero-order valence-electron chi connectivity index (χ0n) is 9.81. The molecular weight excluding hydrogens is 232 g/mol. The van der Waals surface area contributed by atoms with Crippen LogP contribution in [0.5, 0.6) is 0 Å². The molecule has 17 heavy (non-hydrogen) atoms. The molecule has 0 saturated carbocycles. The minimum atomic E-state index is 0.674. The summed E-state index contributed by atoms with van der Waals surface area (Å²) in [7, 11) is 0. The number of nitrogens with two attached hydrogens (primary N) is 1.